The van der Waals surface area contributed by atoms with Crippen LogP contribution in [0.15, 0.2) is 0 Å². The summed E-state index contributed by atoms with van der Waals surface area (Å²) in [6.07, 6.45) is -4.47. The molecular weight excluding hydrogens is 235 g/mol. The monoisotopic (exact) mass is 255 g/mol. The molecule has 102 valence electrons. The Hall–Kier alpha value is -0.780. The maximum Gasteiger partial charge on any atom is 0.392 e. The van der Waals surface area contributed by atoms with E-state index >= 15 is 0 Å². The molecule has 0 aromatic rings. The lowest BCUT2D eigenvalue weighted by Crippen LogP contribution is -2.33. The Kier molecular flexibility index (Phi) is 6.52. The second kappa shape index (κ2) is 6.83. The summed E-state index contributed by atoms with van der Waals surface area (Å²) < 4.78 is 37.6. The Bertz CT molecular complexity index is 241. The lowest BCUT2D eigenvalue weighted by molar-refractivity contribution is -0.185. The van der Waals surface area contributed by atoms with Crippen molar-refractivity contribution >= 4 is 5.97 Å². The summed E-state index contributed by atoms with van der Waals surface area (Å²) in [6.45, 7) is 3.93. The van der Waals surface area contributed by atoms with E-state index in [9.17, 15) is 18.0 Å². The Morgan fingerprint density at radius 1 is 1.29 bits per heavy atom. The van der Waals surface area contributed by atoms with Crippen molar-refractivity contribution in [3.63, 3.8) is 0 Å². The van der Waals surface area contributed by atoms with Gasteiger partial charge in [0.1, 0.15) is 0 Å². The van der Waals surface area contributed by atoms with Crippen molar-refractivity contribution in [2.24, 2.45) is 17.6 Å². The summed E-state index contributed by atoms with van der Waals surface area (Å²) in [5.74, 6) is -2.91. The molecule has 3 nitrogen and oxygen atoms in total. The highest BCUT2D eigenvalue weighted by molar-refractivity contribution is 5.67. The second-order valence-electron chi connectivity index (χ2n) is 4.80. The van der Waals surface area contributed by atoms with E-state index in [-0.39, 0.29) is 6.42 Å². The van der Waals surface area contributed by atoms with Crippen LogP contribution in [-0.4, -0.2) is 23.3 Å². The molecule has 0 aliphatic heterocycles. The normalized spacial score (nSPS) is 15.9. The number of aliphatic carboxylic acids is 1. The van der Waals surface area contributed by atoms with E-state index < -0.39 is 30.5 Å². The second-order valence-corrected chi connectivity index (χ2v) is 4.80. The molecule has 0 aromatic heterocycles. The van der Waals surface area contributed by atoms with Gasteiger partial charge in [-0.2, -0.15) is 13.2 Å². The van der Waals surface area contributed by atoms with E-state index in [1.807, 2.05) is 13.8 Å². The van der Waals surface area contributed by atoms with Crippen LogP contribution in [0.2, 0.25) is 0 Å². The first-order valence-electron chi connectivity index (χ1n) is 5.67. The van der Waals surface area contributed by atoms with Crippen LogP contribution in [-0.2, 0) is 4.79 Å². The molecule has 0 bridgehead atoms. The zero-order valence-electron chi connectivity index (χ0n) is 10.1. The van der Waals surface area contributed by atoms with E-state index in [0.29, 0.717) is 12.3 Å². The molecule has 0 rings (SSSR count). The summed E-state index contributed by atoms with van der Waals surface area (Å²) in [5, 5.41) is 8.44. The van der Waals surface area contributed by atoms with E-state index in [1.54, 1.807) is 0 Å². The van der Waals surface area contributed by atoms with Gasteiger partial charge in [-0.3, -0.25) is 4.79 Å². The molecule has 0 radical (unpaired) electrons. The lowest BCUT2D eigenvalue weighted by atomic mass is 9.92. The number of alkyl halides is 3. The average Bonchev–Trinajstić information content (AvgIpc) is 2.11. The fraction of sp³-hybridized carbons (Fsp3) is 0.909. The van der Waals surface area contributed by atoms with E-state index in [4.69, 9.17) is 10.8 Å². The minimum absolute atomic E-state index is 0.317. The number of halogens is 3. The molecule has 0 aliphatic carbocycles. The van der Waals surface area contributed by atoms with Crippen LogP contribution in [0.3, 0.4) is 0 Å². The van der Waals surface area contributed by atoms with Gasteiger partial charge in [0.05, 0.1) is 12.3 Å². The number of hydrogen-bond donors (Lipinski definition) is 2. The predicted molar refractivity (Wildman–Crippen MR) is 58.5 cm³/mol. The molecular formula is C11H20F3NO2. The van der Waals surface area contributed by atoms with Crippen LogP contribution in [0, 0.1) is 11.8 Å². The zero-order valence-corrected chi connectivity index (χ0v) is 10.1. The summed E-state index contributed by atoms with van der Waals surface area (Å²) in [7, 11) is 0. The first-order valence-corrected chi connectivity index (χ1v) is 5.67. The van der Waals surface area contributed by atoms with Crippen molar-refractivity contribution in [3.05, 3.63) is 0 Å². The molecule has 0 aromatic carbocycles. The molecule has 0 aliphatic rings. The number of nitrogens with two attached hydrogens (primary N) is 1. The largest absolute Gasteiger partial charge is 0.481 e. The minimum Gasteiger partial charge on any atom is -0.481 e. The molecule has 3 N–H and O–H groups in total. The Labute approximate surface area is 99.2 Å². The SMILES string of the molecule is CC(C)CC[C@@H](N)C[C@@H](CC(=O)O)C(F)(F)F. The highest BCUT2D eigenvalue weighted by Gasteiger charge is 2.41. The molecule has 0 amide bonds. The van der Waals surface area contributed by atoms with Gasteiger partial charge in [-0.1, -0.05) is 13.8 Å². The molecule has 0 spiro atoms. The molecule has 0 saturated carbocycles. The van der Waals surface area contributed by atoms with Crippen molar-refractivity contribution in [2.45, 2.75) is 51.7 Å². The lowest BCUT2D eigenvalue weighted by Gasteiger charge is -2.22. The van der Waals surface area contributed by atoms with E-state index in [1.165, 1.54) is 0 Å². The van der Waals surface area contributed by atoms with Crippen molar-refractivity contribution in [2.75, 3.05) is 0 Å². The van der Waals surface area contributed by atoms with Crippen LogP contribution in [0.5, 0.6) is 0 Å². The van der Waals surface area contributed by atoms with Gasteiger partial charge in [-0.05, 0) is 25.2 Å². The van der Waals surface area contributed by atoms with Crippen molar-refractivity contribution in [1.82, 2.24) is 0 Å². The van der Waals surface area contributed by atoms with Crippen LogP contribution < -0.4 is 5.73 Å². The number of carboxylic acid groups (broad SMARTS) is 1. The summed E-state index contributed by atoms with van der Waals surface area (Å²) in [6, 6.07) is -0.594. The van der Waals surface area contributed by atoms with Gasteiger partial charge < -0.3 is 10.8 Å². The molecule has 6 heteroatoms. The molecule has 0 heterocycles. The third-order valence-electron chi connectivity index (χ3n) is 2.59. The number of carboxylic acids is 1. The van der Waals surface area contributed by atoms with Crippen LogP contribution in [0.1, 0.15) is 39.5 Å². The van der Waals surface area contributed by atoms with Gasteiger partial charge in [0.25, 0.3) is 0 Å². The highest BCUT2D eigenvalue weighted by Crippen LogP contribution is 2.32. The number of hydrogen-bond acceptors (Lipinski definition) is 2. The van der Waals surface area contributed by atoms with E-state index in [0.717, 1.165) is 6.42 Å². The smallest absolute Gasteiger partial charge is 0.392 e. The van der Waals surface area contributed by atoms with Crippen LogP contribution in [0.4, 0.5) is 13.2 Å². The van der Waals surface area contributed by atoms with Crippen LogP contribution >= 0.6 is 0 Å². The molecule has 0 unspecified atom stereocenters. The fourth-order valence-electron chi connectivity index (χ4n) is 1.57. The van der Waals surface area contributed by atoms with E-state index in [2.05, 4.69) is 0 Å². The van der Waals surface area contributed by atoms with Crippen LogP contribution in [0.25, 0.3) is 0 Å². The average molecular weight is 255 g/mol. The summed E-state index contributed by atoms with van der Waals surface area (Å²) in [4.78, 5) is 10.4. The topological polar surface area (TPSA) is 63.3 Å². The fourth-order valence-corrected chi connectivity index (χ4v) is 1.57. The van der Waals surface area contributed by atoms with Gasteiger partial charge >= 0.3 is 12.1 Å². The maximum absolute atomic E-state index is 12.5. The summed E-state index contributed by atoms with van der Waals surface area (Å²) >= 11 is 0. The predicted octanol–water partition coefficient (Wildman–Crippen LogP) is 2.79. The number of rotatable bonds is 7. The third kappa shape index (κ3) is 8.01. The van der Waals surface area contributed by atoms with Gasteiger partial charge in [0, 0.05) is 6.04 Å². The quantitative estimate of drug-likeness (QED) is 0.735. The Balaban J connectivity index is 4.28. The number of carbonyl (C=O) groups is 1. The molecule has 0 saturated heterocycles. The first kappa shape index (κ1) is 16.2. The van der Waals surface area contributed by atoms with Crippen molar-refractivity contribution in [3.8, 4) is 0 Å². The standard InChI is InChI=1S/C11H20F3NO2/c1-7(2)3-4-9(15)5-8(6-10(16)17)11(12,13)14/h7-9H,3-6,15H2,1-2H3,(H,16,17)/t8-,9+/m0/s1. The molecule has 0 fully saturated rings. The Morgan fingerprint density at radius 2 is 1.82 bits per heavy atom. The van der Waals surface area contributed by atoms with Gasteiger partial charge in [-0.15, -0.1) is 0 Å². The van der Waals surface area contributed by atoms with Crippen molar-refractivity contribution in [1.29, 1.82) is 0 Å². The summed E-state index contributed by atoms with van der Waals surface area (Å²) in [5.41, 5.74) is 5.60. The first-order chi connectivity index (χ1) is 7.62. The minimum atomic E-state index is -4.49. The maximum atomic E-state index is 12.5. The van der Waals surface area contributed by atoms with Gasteiger partial charge in [0.2, 0.25) is 0 Å². The Morgan fingerprint density at radius 3 is 2.18 bits per heavy atom. The van der Waals surface area contributed by atoms with Crippen molar-refractivity contribution < 1.29 is 23.1 Å². The highest BCUT2D eigenvalue weighted by atomic mass is 19.4. The van der Waals surface area contributed by atoms with Gasteiger partial charge in [0.15, 0.2) is 0 Å². The molecule has 17 heavy (non-hydrogen) atoms. The zero-order chi connectivity index (χ0) is 13.6. The van der Waals surface area contributed by atoms with Gasteiger partial charge in [-0.25, -0.2) is 0 Å². The third-order valence-corrected chi connectivity index (χ3v) is 2.59. The molecule has 2 atom stereocenters.